The van der Waals surface area contributed by atoms with Crippen molar-refractivity contribution in [1.29, 1.82) is 0 Å². The number of hydrogen-bond acceptors (Lipinski definition) is 7. The Morgan fingerprint density at radius 3 is 2.44 bits per heavy atom. The second kappa shape index (κ2) is 10.1. The highest BCUT2D eigenvalue weighted by atomic mass is 19.1. The van der Waals surface area contributed by atoms with Crippen molar-refractivity contribution in [2.24, 2.45) is 0 Å². The number of rotatable bonds is 7. The molecule has 2 aromatic carbocycles. The number of carbonyl (C=O) groups is 2. The quantitative estimate of drug-likeness (QED) is 0.218. The third-order valence-electron chi connectivity index (χ3n) is 6.06. The number of halogens is 1. The Hall–Kier alpha value is -3.63. The number of morpholine rings is 1. The molecule has 0 saturated carbocycles. The number of likely N-dealkylation sites (tertiary alicyclic amines) is 1. The zero-order chi connectivity index (χ0) is 24.2. The lowest BCUT2D eigenvalue weighted by atomic mass is 9.94. The Morgan fingerprint density at radius 1 is 1.09 bits per heavy atom. The molecule has 2 heterocycles. The summed E-state index contributed by atoms with van der Waals surface area (Å²) in [4.78, 5) is 40.7. The van der Waals surface area contributed by atoms with Gasteiger partial charge in [0.2, 0.25) is 0 Å². The van der Waals surface area contributed by atoms with E-state index in [-0.39, 0.29) is 28.9 Å². The number of hydrogen-bond donors (Lipinski definition) is 1. The fraction of sp³-hybridized carbons (Fsp3) is 0.333. The van der Waals surface area contributed by atoms with Gasteiger partial charge in [0.1, 0.15) is 11.6 Å². The molecule has 2 saturated heterocycles. The molecule has 1 amide bonds. The Balaban J connectivity index is 1.73. The molecular formula is C24H24FN3O6. The minimum absolute atomic E-state index is 0.127. The number of aliphatic hydroxyl groups excluding tert-OH is 1. The predicted molar refractivity (Wildman–Crippen MR) is 120 cm³/mol. The van der Waals surface area contributed by atoms with Gasteiger partial charge in [-0.05, 0) is 36.8 Å². The van der Waals surface area contributed by atoms with E-state index >= 15 is 0 Å². The first-order chi connectivity index (χ1) is 16.4. The Bertz CT molecular complexity index is 1130. The summed E-state index contributed by atoms with van der Waals surface area (Å²) in [6, 6.07) is 9.50. The van der Waals surface area contributed by atoms with E-state index in [0.717, 1.165) is 25.2 Å². The summed E-state index contributed by atoms with van der Waals surface area (Å²) in [5.41, 5.74) is -0.257. The highest BCUT2D eigenvalue weighted by Gasteiger charge is 2.47. The normalized spacial score (nSPS) is 20.6. The topological polar surface area (TPSA) is 113 Å². The van der Waals surface area contributed by atoms with Crippen LogP contribution < -0.4 is 0 Å². The largest absolute Gasteiger partial charge is 0.507 e. The molecule has 0 aliphatic carbocycles. The molecule has 34 heavy (non-hydrogen) atoms. The highest BCUT2D eigenvalue weighted by Crippen LogP contribution is 2.42. The fourth-order valence-electron chi connectivity index (χ4n) is 4.37. The van der Waals surface area contributed by atoms with Gasteiger partial charge in [-0.2, -0.15) is 0 Å². The maximum atomic E-state index is 13.4. The summed E-state index contributed by atoms with van der Waals surface area (Å²) < 4.78 is 18.7. The first-order valence-corrected chi connectivity index (χ1v) is 11.0. The number of carbonyl (C=O) groups excluding carboxylic acids is 2. The SMILES string of the molecule is O=C1C(=O)N(CCCN2CCOCC2)[C@H](c2ccccc2[N+](=O)[O-])/C1=C(\O)c1ccc(F)cc1. The van der Waals surface area contributed by atoms with E-state index in [1.807, 2.05) is 0 Å². The van der Waals surface area contributed by atoms with E-state index in [4.69, 9.17) is 4.74 Å². The van der Waals surface area contributed by atoms with Gasteiger partial charge in [0.25, 0.3) is 17.4 Å². The second-order valence-corrected chi connectivity index (χ2v) is 8.12. The maximum Gasteiger partial charge on any atom is 0.295 e. The molecule has 4 rings (SSSR count). The summed E-state index contributed by atoms with van der Waals surface area (Å²) in [7, 11) is 0. The standard InChI is InChI=1S/C24H24FN3O6/c25-17-8-6-16(7-9-17)22(29)20-21(18-4-1-2-5-19(18)28(32)33)27(24(31)23(20)30)11-3-10-26-12-14-34-15-13-26/h1-2,4-9,21,29H,3,10-15H2/b22-20+/t21-/m1/s1. The zero-order valence-electron chi connectivity index (χ0n) is 18.4. The Morgan fingerprint density at radius 2 is 1.76 bits per heavy atom. The minimum Gasteiger partial charge on any atom is -0.507 e. The third-order valence-corrected chi connectivity index (χ3v) is 6.06. The zero-order valence-corrected chi connectivity index (χ0v) is 18.4. The summed E-state index contributed by atoms with van der Waals surface area (Å²) >= 11 is 0. The third kappa shape index (κ3) is 4.68. The second-order valence-electron chi connectivity index (χ2n) is 8.12. The monoisotopic (exact) mass is 469 g/mol. The van der Waals surface area contributed by atoms with Crippen molar-refractivity contribution in [2.45, 2.75) is 12.5 Å². The number of ether oxygens (including phenoxy) is 1. The first-order valence-electron chi connectivity index (χ1n) is 11.0. The van der Waals surface area contributed by atoms with E-state index < -0.39 is 34.2 Å². The van der Waals surface area contributed by atoms with Crippen molar-refractivity contribution in [1.82, 2.24) is 9.80 Å². The first kappa shape index (κ1) is 23.5. The van der Waals surface area contributed by atoms with Gasteiger partial charge in [-0.25, -0.2) is 4.39 Å². The smallest absolute Gasteiger partial charge is 0.295 e. The molecule has 1 atom stereocenters. The fourth-order valence-corrected chi connectivity index (χ4v) is 4.37. The van der Waals surface area contributed by atoms with Gasteiger partial charge in [0.15, 0.2) is 0 Å². The minimum atomic E-state index is -1.14. The van der Waals surface area contributed by atoms with Gasteiger partial charge in [0.05, 0.1) is 35.3 Å². The maximum absolute atomic E-state index is 13.4. The van der Waals surface area contributed by atoms with Crippen LogP contribution in [0.2, 0.25) is 0 Å². The van der Waals surface area contributed by atoms with Crippen molar-refractivity contribution in [3.63, 3.8) is 0 Å². The van der Waals surface area contributed by atoms with E-state index in [1.165, 1.54) is 35.2 Å². The van der Waals surface area contributed by atoms with Gasteiger partial charge in [0, 0.05) is 37.8 Å². The molecule has 0 radical (unpaired) electrons. The molecule has 2 aliphatic heterocycles. The van der Waals surface area contributed by atoms with E-state index in [9.17, 15) is 29.2 Å². The van der Waals surface area contributed by atoms with Gasteiger partial charge in [-0.3, -0.25) is 24.6 Å². The lowest BCUT2D eigenvalue weighted by molar-refractivity contribution is -0.385. The van der Waals surface area contributed by atoms with Crippen LogP contribution in [-0.4, -0.2) is 70.9 Å². The van der Waals surface area contributed by atoms with Crippen LogP contribution in [0.25, 0.3) is 5.76 Å². The summed E-state index contributed by atoms with van der Waals surface area (Å²) in [6.45, 7) is 3.59. The number of amides is 1. The van der Waals surface area contributed by atoms with Crippen LogP contribution in [0.15, 0.2) is 54.1 Å². The molecule has 2 fully saturated rings. The van der Waals surface area contributed by atoms with E-state index in [1.54, 1.807) is 6.07 Å². The molecule has 0 unspecified atom stereocenters. The van der Waals surface area contributed by atoms with Crippen LogP contribution in [-0.2, 0) is 14.3 Å². The van der Waals surface area contributed by atoms with Gasteiger partial charge < -0.3 is 14.7 Å². The van der Waals surface area contributed by atoms with Crippen LogP contribution in [0.3, 0.4) is 0 Å². The Labute approximate surface area is 195 Å². The van der Waals surface area contributed by atoms with Crippen molar-refractivity contribution in [3.8, 4) is 0 Å². The lowest BCUT2D eigenvalue weighted by Gasteiger charge is -2.29. The summed E-state index contributed by atoms with van der Waals surface area (Å²) in [5.74, 6) is -2.81. The van der Waals surface area contributed by atoms with Crippen molar-refractivity contribution >= 4 is 23.1 Å². The number of nitro groups is 1. The molecule has 0 spiro atoms. The van der Waals surface area contributed by atoms with Crippen molar-refractivity contribution < 1.29 is 28.7 Å². The average molecular weight is 469 g/mol. The van der Waals surface area contributed by atoms with Crippen LogP contribution in [0, 0.1) is 15.9 Å². The number of benzene rings is 2. The number of nitro benzene ring substituents is 1. The van der Waals surface area contributed by atoms with Crippen LogP contribution in [0.5, 0.6) is 0 Å². The average Bonchev–Trinajstić information content (AvgIpc) is 3.09. The number of para-hydroxylation sites is 1. The Kier molecular flexibility index (Phi) is 6.99. The van der Waals surface area contributed by atoms with E-state index in [0.29, 0.717) is 26.2 Å². The molecule has 10 heteroatoms. The molecule has 178 valence electrons. The molecule has 1 N–H and O–H groups in total. The molecule has 9 nitrogen and oxygen atoms in total. The number of ketones is 1. The number of nitrogens with zero attached hydrogens (tertiary/aromatic N) is 3. The van der Waals surface area contributed by atoms with Gasteiger partial charge in [-0.1, -0.05) is 12.1 Å². The highest BCUT2D eigenvalue weighted by molar-refractivity contribution is 6.46. The molecule has 0 aromatic heterocycles. The van der Waals surface area contributed by atoms with Crippen LogP contribution in [0.4, 0.5) is 10.1 Å². The van der Waals surface area contributed by atoms with Gasteiger partial charge in [-0.15, -0.1) is 0 Å². The number of Topliss-reactive ketones (excluding diaryl/α,β-unsaturated/α-hetero) is 1. The van der Waals surface area contributed by atoms with E-state index in [2.05, 4.69) is 4.90 Å². The van der Waals surface area contributed by atoms with Gasteiger partial charge >= 0.3 is 0 Å². The van der Waals surface area contributed by atoms with Crippen LogP contribution >= 0.6 is 0 Å². The summed E-state index contributed by atoms with van der Waals surface area (Å²) in [6.07, 6.45) is 0.529. The molecular weight excluding hydrogens is 445 g/mol. The molecule has 2 aromatic rings. The molecule has 2 aliphatic rings. The van der Waals surface area contributed by atoms with Crippen molar-refractivity contribution in [3.05, 3.63) is 81.2 Å². The number of aliphatic hydroxyl groups is 1. The summed E-state index contributed by atoms with van der Waals surface area (Å²) in [5, 5.41) is 22.7. The molecule has 0 bridgehead atoms. The van der Waals surface area contributed by atoms with Crippen LogP contribution in [0.1, 0.15) is 23.6 Å². The van der Waals surface area contributed by atoms with Crippen molar-refractivity contribution in [2.75, 3.05) is 39.4 Å². The predicted octanol–water partition coefficient (Wildman–Crippen LogP) is 2.88. The lowest BCUT2D eigenvalue weighted by Crippen LogP contribution is -2.39.